The van der Waals surface area contributed by atoms with E-state index in [1.165, 1.54) is 31.7 Å². The zero-order valence-corrected chi connectivity index (χ0v) is 10.4. The van der Waals surface area contributed by atoms with Gasteiger partial charge in [-0.15, -0.1) is 0 Å². The highest BCUT2D eigenvalue weighted by molar-refractivity contribution is 5.64. The molecule has 2 rings (SSSR count). The highest BCUT2D eigenvalue weighted by Crippen LogP contribution is 2.28. The second-order valence-electron chi connectivity index (χ2n) is 4.97. The van der Waals surface area contributed by atoms with Crippen molar-refractivity contribution in [3.05, 3.63) is 23.5 Å². The van der Waals surface area contributed by atoms with Gasteiger partial charge in [-0.3, -0.25) is 0 Å². The maximum atomic E-state index is 13.8. The van der Waals surface area contributed by atoms with Crippen LogP contribution in [-0.2, 0) is 0 Å². The Labute approximate surface area is 102 Å². The molecule has 3 heteroatoms. The van der Waals surface area contributed by atoms with Crippen LogP contribution in [0.25, 0.3) is 0 Å². The Hall–Kier alpha value is -1.25. The van der Waals surface area contributed by atoms with Gasteiger partial charge < -0.3 is 11.1 Å². The van der Waals surface area contributed by atoms with E-state index in [0.29, 0.717) is 17.4 Å². The second kappa shape index (κ2) is 5.39. The molecular formula is C14H21FN2. The molecule has 1 fully saturated rings. The minimum Gasteiger partial charge on any atom is -0.398 e. The zero-order chi connectivity index (χ0) is 12.3. The lowest BCUT2D eigenvalue weighted by atomic mass is 10.1. The van der Waals surface area contributed by atoms with E-state index in [4.69, 9.17) is 5.73 Å². The van der Waals surface area contributed by atoms with Crippen molar-refractivity contribution in [3.63, 3.8) is 0 Å². The minimum absolute atomic E-state index is 0.194. The molecule has 1 aromatic rings. The number of halogens is 1. The van der Waals surface area contributed by atoms with E-state index in [-0.39, 0.29) is 5.82 Å². The van der Waals surface area contributed by atoms with Gasteiger partial charge in [0.2, 0.25) is 0 Å². The summed E-state index contributed by atoms with van der Waals surface area (Å²) in [5, 5.41) is 3.34. The SMILES string of the molecule is Cc1c(N)ccc(F)c1NC1CCCCCC1. The van der Waals surface area contributed by atoms with E-state index in [1.54, 1.807) is 6.07 Å². The van der Waals surface area contributed by atoms with Gasteiger partial charge in [-0.1, -0.05) is 25.7 Å². The number of nitrogens with two attached hydrogens (primary N) is 1. The maximum Gasteiger partial charge on any atom is 0.146 e. The Bertz CT molecular complexity index is 382. The molecule has 1 aliphatic carbocycles. The second-order valence-corrected chi connectivity index (χ2v) is 4.97. The molecule has 0 spiro atoms. The molecule has 94 valence electrons. The fourth-order valence-corrected chi connectivity index (χ4v) is 2.50. The van der Waals surface area contributed by atoms with E-state index >= 15 is 0 Å². The van der Waals surface area contributed by atoms with Crippen LogP contribution in [0.1, 0.15) is 44.1 Å². The summed E-state index contributed by atoms with van der Waals surface area (Å²) in [6.45, 7) is 1.87. The van der Waals surface area contributed by atoms with Crippen LogP contribution in [0.3, 0.4) is 0 Å². The molecule has 0 atom stereocenters. The summed E-state index contributed by atoms with van der Waals surface area (Å²) in [6, 6.07) is 3.47. The van der Waals surface area contributed by atoms with Crippen LogP contribution in [0.4, 0.5) is 15.8 Å². The number of anilines is 2. The third kappa shape index (κ3) is 2.90. The lowest BCUT2D eigenvalue weighted by molar-refractivity contribution is 0.596. The Balaban J connectivity index is 2.14. The zero-order valence-electron chi connectivity index (χ0n) is 10.4. The van der Waals surface area contributed by atoms with Gasteiger partial charge in [0.1, 0.15) is 5.82 Å². The number of rotatable bonds is 2. The summed E-state index contributed by atoms with van der Waals surface area (Å²) in [7, 11) is 0. The van der Waals surface area contributed by atoms with Crippen LogP contribution in [0.5, 0.6) is 0 Å². The predicted molar refractivity (Wildman–Crippen MR) is 70.7 cm³/mol. The van der Waals surface area contributed by atoms with Gasteiger partial charge >= 0.3 is 0 Å². The van der Waals surface area contributed by atoms with Crippen molar-refractivity contribution in [2.45, 2.75) is 51.5 Å². The summed E-state index contributed by atoms with van der Waals surface area (Å²) < 4.78 is 13.8. The maximum absolute atomic E-state index is 13.8. The van der Waals surface area contributed by atoms with Crippen molar-refractivity contribution >= 4 is 11.4 Å². The summed E-state index contributed by atoms with van der Waals surface area (Å²) in [4.78, 5) is 0. The van der Waals surface area contributed by atoms with Crippen LogP contribution in [-0.4, -0.2) is 6.04 Å². The van der Waals surface area contributed by atoms with Gasteiger partial charge in [-0.05, 0) is 37.5 Å². The van der Waals surface area contributed by atoms with Crippen LogP contribution in [0, 0.1) is 12.7 Å². The van der Waals surface area contributed by atoms with Crippen molar-refractivity contribution in [2.75, 3.05) is 11.1 Å². The monoisotopic (exact) mass is 236 g/mol. The first kappa shape index (κ1) is 12.2. The number of hydrogen-bond donors (Lipinski definition) is 2. The van der Waals surface area contributed by atoms with Crippen molar-refractivity contribution < 1.29 is 4.39 Å². The van der Waals surface area contributed by atoms with Crippen molar-refractivity contribution in [1.29, 1.82) is 0 Å². The predicted octanol–water partition coefficient (Wildman–Crippen LogP) is 3.85. The first-order valence-electron chi connectivity index (χ1n) is 6.49. The Morgan fingerprint density at radius 3 is 2.47 bits per heavy atom. The molecule has 2 nitrogen and oxygen atoms in total. The topological polar surface area (TPSA) is 38.0 Å². The van der Waals surface area contributed by atoms with Gasteiger partial charge in [0.05, 0.1) is 5.69 Å². The van der Waals surface area contributed by atoms with Gasteiger partial charge in [-0.2, -0.15) is 0 Å². The molecule has 1 aromatic carbocycles. The standard InChI is InChI=1S/C14H21FN2/c1-10-13(16)9-8-12(15)14(10)17-11-6-4-2-3-5-7-11/h8-9,11,17H,2-7,16H2,1H3. The molecular weight excluding hydrogens is 215 g/mol. The van der Waals surface area contributed by atoms with Crippen LogP contribution >= 0.6 is 0 Å². The summed E-state index contributed by atoms with van der Waals surface area (Å²) in [5.74, 6) is -0.194. The van der Waals surface area contributed by atoms with Crippen LogP contribution in [0.2, 0.25) is 0 Å². The molecule has 0 saturated heterocycles. The Kier molecular flexibility index (Phi) is 3.87. The smallest absolute Gasteiger partial charge is 0.146 e. The van der Waals surface area contributed by atoms with Gasteiger partial charge in [0, 0.05) is 11.7 Å². The van der Waals surface area contributed by atoms with Crippen LogP contribution < -0.4 is 11.1 Å². The summed E-state index contributed by atoms with van der Waals surface area (Å²) in [5.41, 5.74) is 7.90. The average molecular weight is 236 g/mol. The first-order chi connectivity index (χ1) is 8.18. The van der Waals surface area contributed by atoms with Crippen LogP contribution in [0.15, 0.2) is 12.1 Å². The molecule has 0 heterocycles. The Morgan fingerprint density at radius 1 is 1.18 bits per heavy atom. The van der Waals surface area contributed by atoms with E-state index in [9.17, 15) is 4.39 Å². The molecule has 1 aliphatic rings. The van der Waals surface area contributed by atoms with Gasteiger partial charge in [0.15, 0.2) is 0 Å². The van der Waals surface area contributed by atoms with Crippen molar-refractivity contribution in [1.82, 2.24) is 0 Å². The fraction of sp³-hybridized carbons (Fsp3) is 0.571. The molecule has 0 radical (unpaired) electrons. The lowest BCUT2D eigenvalue weighted by Gasteiger charge is -2.20. The Morgan fingerprint density at radius 2 is 1.82 bits per heavy atom. The highest BCUT2D eigenvalue weighted by Gasteiger charge is 2.15. The van der Waals surface area contributed by atoms with E-state index in [0.717, 1.165) is 18.4 Å². The molecule has 17 heavy (non-hydrogen) atoms. The number of hydrogen-bond acceptors (Lipinski definition) is 2. The van der Waals surface area contributed by atoms with E-state index in [2.05, 4.69) is 5.32 Å². The van der Waals surface area contributed by atoms with Crippen molar-refractivity contribution in [2.24, 2.45) is 0 Å². The normalized spacial score (nSPS) is 17.8. The third-order valence-corrected chi connectivity index (χ3v) is 3.66. The molecule has 0 aromatic heterocycles. The van der Waals surface area contributed by atoms with Crippen molar-refractivity contribution in [3.8, 4) is 0 Å². The number of nitrogens with one attached hydrogen (secondary N) is 1. The van der Waals surface area contributed by atoms with E-state index in [1.807, 2.05) is 6.92 Å². The first-order valence-corrected chi connectivity index (χ1v) is 6.49. The quantitative estimate of drug-likeness (QED) is 0.604. The molecule has 0 bridgehead atoms. The van der Waals surface area contributed by atoms with Gasteiger partial charge in [-0.25, -0.2) is 4.39 Å². The molecule has 0 aliphatic heterocycles. The largest absolute Gasteiger partial charge is 0.398 e. The highest BCUT2D eigenvalue weighted by atomic mass is 19.1. The summed E-state index contributed by atoms with van der Waals surface area (Å²) >= 11 is 0. The van der Waals surface area contributed by atoms with Gasteiger partial charge in [0.25, 0.3) is 0 Å². The average Bonchev–Trinajstić information content (AvgIpc) is 2.58. The summed E-state index contributed by atoms with van der Waals surface area (Å²) in [6.07, 6.45) is 7.34. The molecule has 1 saturated carbocycles. The number of nitrogen functional groups attached to an aromatic ring is 1. The minimum atomic E-state index is -0.194. The molecule has 0 amide bonds. The fourth-order valence-electron chi connectivity index (χ4n) is 2.50. The third-order valence-electron chi connectivity index (χ3n) is 3.66. The lowest BCUT2D eigenvalue weighted by Crippen LogP contribution is -2.20. The molecule has 3 N–H and O–H groups in total. The number of benzene rings is 1. The van der Waals surface area contributed by atoms with E-state index < -0.39 is 0 Å². The molecule has 0 unspecified atom stereocenters.